The van der Waals surface area contributed by atoms with Crippen molar-refractivity contribution in [2.75, 3.05) is 6.54 Å². The van der Waals surface area contributed by atoms with Crippen LogP contribution in [0.1, 0.15) is 18.5 Å². The van der Waals surface area contributed by atoms with Crippen LogP contribution in [-0.2, 0) is 13.1 Å². The Hall–Kier alpha value is -2.12. The molecule has 0 bridgehead atoms. The normalized spacial score (nSPS) is 18.3. The van der Waals surface area contributed by atoms with Gasteiger partial charge in [-0.25, -0.2) is 14.4 Å². The molecule has 0 amide bonds. The van der Waals surface area contributed by atoms with Crippen molar-refractivity contribution >= 4 is 11.3 Å². The molecule has 24 heavy (non-hydrogen) atoms. The highest BCUT2D eigenvalue weighted by atomic mass is 32.1. The Morgan fingerprint density at radius 3 is 3.04 bits per heavy atom. The van der Waals surface area contributed by atoms with Crippen LogP contribution >= 0.6 is 11.3 Å². The van der Waals surface area contributed by atoms with Crippen molar-refractivity contribution < 1.29 is 4.39 Å². The summed E-state index contributed by atoms with van der Waals surface area (Å²) in [7, 11) is 0. The van der Waals surface area contributed by atoms with Gasteiger partial charge in [0.25, 0.3) is 0 Å². The van der Waals surface area contributed by atoms with Crippen molar-refractivity contribution in [3.63, 3.8) is 0 Å². The molecule has 2 aromatic heterocycles. The van der Waals surface area contributed by atoms with E-state index >= 15 is 0 Å². The van der Waals surface area contributed by atoms with Crippen LogP contribution in [-0.4, -0.2) is 37.2 Å². The molecule has 0 saturated carbocycles. The molecule has 0 unspecified atom stereocenters. The van der Waals surface area contributed by atoms with Gasteiger partial charge in [0.1, 0.15) is 23.5 Å². The zero-order chi connectivity index (χ0) is 16.4. The van der Waals surface area contributed by atoms with Gasteiger partial charge in [0.15, 0.2) is 0 Å². The van der Waals surface area contributed by atoms with Gasteiger partial charge in [-0.3, -0.25) is 9.58 Å². The van der Waals surface area contributed by atoms with Crippen molar-refractivity contribution in [3.8, 4) is 10.6 Å². The molecule has 5 nitrogen and oxygen atoms in total. The van der Waals surface area contributed by atoms with Gasteiger partial charge in [-0.05, 0) is 31.5 Å². The maximum absolute atomic E-state index is 13.9. The third kappa shape index (κ3) is 3.22. The number of likely N-dealkylation sites (tertiary alicyclic amines) is 1. The van der Waals surface area contributed by atoms with Crippen LogP contribution < -0.4 is 0 Å². The number of aromatic nitrogens is 4. The molecule has 0 N–H and O–H groups in total. The fraction of sp³-hybridized carbons (Fsp3) is 0.353. The Labute approximate surface area is 143 Å². The molecule has 3 heterocycles. The van der Waals surface area contributed by atoms with E-state index in [1.807, 2.05) is 16.1 Å². The van der Waals surface area contributed by atoms with Gasteiger partial charge in [-0.15, -0.1) is 11.3 Å². The summed E-state index contributed by atoms with van der Waals surface area (Å²) < 4.78 is 15.8. The summed E-state index contributed by atoms with van der Waals surface area (Å²) in [5.41, 5.74) is 1.58. The van der Waals surface area contributed by atoms with Gasteiger partial charge in [-0.2, -0.15) is 5.10 Å². The minimum Gasteiger partial charge on any atom is -0.293 e. The van der Waals surface area contributed by atoms with E-state index in [0.717, 1.165) is 36.8 Å². The van der Waals surface area contributed by atoms with Crippen molar-refractivity contribution in [2.45, 2.75) is 32.0 Å². The number of hydrogen-bond donors (Lipinski definition) is 0. The molecule has 1 atom stereocenters. The zero-order valence-corrected chi connectivity index (χ0v) is 14.0. The van der Waals surface area contributed by atoms with Crippen LogP contribution in [0.25, 0.3) is 10.6 Å². The van der Waals surface area contributed by atoms with Crippen LogP contribution in [0.15, 0.2) is 42.3 Å². The molecule has 1 aliphatic rings. The van der Waals surface area contributed by atoms with Gasteiger partial charge in [0, 0.05) is 23.5 Å². The van der Waals surface area contributed by atoms with Gasteiger partial charge >= 0.3 is 0 Å². The van der Waals surface area contributed by atoms with Crippen molar-refractivity contribution in [1.29, 1.82) is 0 Å². The van der Waals surface area contributed by atoms with E-state index in [1.54, 1.807) is 24.8 Å². The smallest absolute Gasteiger partial charge is 0.137 e. The molecule has 3 aromatic rings. The second kappa shape index (κ2) is 6.78. The van der Waals surface area contributed by atoms with E-state index in [1.165, 1.54) is 23.8 Å². The summed E-state index contributed by atoms with van der Waals surface area (Å²) in [5, 5.41) is 6.98. The Bertz CT molecular complexity index is 801. The second-order valence-electron chi connectivity index (χ2n) is 6.01. The van der Waals surface area contributed by atoms with Crippen molar-refractivity contribution in [2.24, 2.45) is 0 Å². The highest BCUT2D eigenvalue weighted by molar-refractivity contribution is 7.13. The summed E-state index contributed by atoms with van der Waals surface area (Å²) in [6.07, 6.45) is 5.67. The third-order valence-corrected chi connectivity index (χ3v) is 5.31. The average Bonchev–Trinajstić information content (AvgIpc) is 3.32. The molecule has 1 aliphatic heterocycles. The molecule has 0 aliphatic carbocycles. The quantitative estimate of drug-likeness (QED) is 0.714. The Kier molecular flexibility index (Phi) is 4.36. The van der Waals surface area contributed by atoms with E-state index in [9.17, 15) is 4.39 Å². The zero-order valence-electron chi connectivity index (χ0n) is 13.2. The fourth-order valence-electron chi connectivity index (χ4n) is 3.20. The predicted octanol–water partition coefficient (Wildman–Crippen LogP) is 3.21. The van der Waals surface area contributed by atoms with E-state index < -0.39 is 0 Å². The largest absolute Gasteiger partial charge is 0.293 e. The topological polar surface area (TPSA) is 46.8 Å². The first-order valence-corrected chi connectivity index (χ1v) is 8.93. The monoisotopic (exact) mass is 343 g/mol. The SMILES string of the molecule is Fc1ccccc1-c1nc(CN2CCC[C@@H]2Cn2cncn2)cs1. The van der Waals surface area contributed by atoms with Gasteiger partial charge < -0.3 is 0 Å². The highest BCUT2D eigenvalue weighted by Crippen LogP contribution is 2.28. The molecule has 124 valence electrons. The number of thiazole rings is 1. The summed E-state index contributed by atoms with van der Waals surface area (Å²) >= 11 is 1.50. The van der Waals surface area contributed by atoms with Crippen LogP contribution in [0.4, 0.5) is 4.39 Å². The fourth-order valence-corrected chi connectivity index (χ4v) is 4.04. The van der Waals surface area contributed by atoms with Crippen LogP contribution in [0.5, 0.6) is 0 Å². The molecule has 0 radical (unpaired) electrons. The Morgan fingerprint density at radius 1 is 1.29 bits per heavy atom. The number of hydrogen-bond acceptors (Lipinski definition) is 5. The lowest BCUT2D eigenvalue weighted by Crippen LogP contribution is -2.32. The minimum atomic E-state index is -0.219. The average molecular weight is 343 g/mol. The summed E-state index contributed by atoms with van der Waals surface area (Å²) in [5.74, 6) is -0.219. The van der Waals surface area contributed by atoms with Crippen LogP contribution in [0.3, 0.4) is 0 Å². The molecule has 4 rings (SSSR count). The lowest BCUT2D eigenvalue weighted by Gasteiger charge is -2.23. The maximum atomic E-state index is 13.9. The minimum absolute atomic E-state index is 0.219. The van der Waals surface area contributed by atoms with Crippen LogP contribution in [0, 0.1) is 5.82 Å². The summed E-state index contributed by atoms with van der Waals surface area (Å²) in [6.45, 7) is 2.71. The molecule has 1 saturated heterocycles. The Morgan fingerprint density at radius 2 is 2.21 bits per heavy atom. The van der Waals surface area contributed by atoms with Crippen LogP contribution in [0.2, 0.25) is 0 Å². The molecular weight excluding hydrogens is 325 g/mol. The number of halogens is 1. The van der Waals surface area contributed by atoms with Gasteiger partial charge in [0.2, 0.25) is 0 Å². The van der Waals surface area contributed by atoms with Gasteiger partial charge in [-0.1, -0.05) is 12.1 Å². The molecule has 1 aromatic carbocycles. The van der Waals surface area contributed by atoms with Gasteiger partial charge in [0.05, 0.1) is 12.2 Å². The van der Waals surface area contributed by atoms with E-state index in [-0.39, 0.29) is 5.82 Å². The summed E-state index contributed by atoms with van der Waals surface area (Å²) in [6, 6.07) is 7.25. The molecule has 0 spiro atoms. The summed E-state index contributed by atoms with van der Waals surface area (Å²) in [4.78, 5) is 11.1. The van der Waals surface area contributed by atoms with E-state index in [2.05, 4.69) is 20.0 Å². The predicted molar refractivity (Wildman–Crippen MR) is 91.0 cm³/mol. The number of rotatable bonds is 5. The van der Waals surface area contributed by atoms with Crippen molar-refractivity contribution in [1.82, 2.24) is 24.6 Å². The number of nitrogens with zero attached hydrogens (tertiary/aromatic N) is 5. The standard InChI is InChI=1S/C17H18FN5S/c18-16-6-2-1-5-15(16)17-21-13(10-24-17)8-22-7-3-4-14(22)9-23-12-19-11-20-23/h1-2,5-6,10-12,14H,3-4,7-9H2/t14-/m1/s1. The molecule has 7 heteroatoms. The first-order valence-electron chi connectivity index (χ1n) is 8.05. The second-order valence-corrected chi connectivity index (χ2v) is 6.87. The third-order valence-electron chi connectivity index (χ3n) is 4.38. The molecular formula is C17H18FN5S. The molecule has 1 fully saturated rings. The lowest BCUT2D eigenvalue weighted by atomic mass is 10.2. The van der Waals surface area contributed by atoms with E-state index in [4.69, 9.17) is 0 Å². The van der Waals surface area contributed by atoms with Crippen molar-refractivity contribution in [3.05, 3.63) is 53.8 Å². The maximum Gasteiger partial charge on any atom is 0.137 e. The number of benzene rings is 1. The van der Waals surface area contributed by atoms with E-state index in [0.29, 0.717) is 11.6 Å². The first-order chi connectivity index (χ1) is 11.8. The lowest BCUT2D eigenvalue weighted by molar-refractivity contribution is 0.217. The first kappa shape index (κ1) is 15.4. The Balaban J connectivity index is 1.46. The highest BCUT2D eigenvalue weighted by Gasteiger charge is 2.25.